The van der Waals surface area contributed by atoms with Gasteiger partial charge in [0.05, 0.1) is 5.56 Å². The zero-order valence-electron chi connectivity index (χ0n) is 8.90. The number of rotatable bonds is 3. The van der Waals surface area contributed by atoms with E-state index in [9.17, 15) is 0 Å². The molecular formula is C11H16N4. The summed E-state index contributed by atoms with van der Waals surface area (Å²) in [5.74, 6) is 0.916. The van der Waals surface area contributed by atoms with Crippen molar-refractivity contribution in [2.75, 3.05) is 11.9 Å². The first-order valence-corrected chi connectivity index (χ1v) is 5.22. The van der Waals surface area contributed by atoms with Gasteiger partial charge in [0.15, 0.2) is 0 Å². The lowest BCUT2D eigenvalue weighted by molar-refractivity contribution is 0.399. The number of nitrogens with two attached hydrogens (primary N) is 1. The fraction of sp³-hybridized carbons (Fsp3) is 0.455. The summed E-state index contributed by atoms with van der Waals surface area (Å²) in [6, 6.07) is 4.23. The van der Waals surface area contributed by atoms with Gasteiger partial charge in [0.25, 0.3) is 0 Å². The Morgan fingerprint density at radius 3 is 2.87 bits per heavy atom. The van der Waals surface area contributed by atoms with E-state index in [4.69, 9.17) is 11.1 Å². The van der Waals surface area contributed by atoms with Crippen LogP contribution in [-0.2, 0) is 0 Å². The topological polar surface area (TPSA) is 66.0 Å². The third kappa shape index (κ3) is 1.79. The zero-order chi connectivity index (χ0) is 10.8. The molecule has 0 radical (unpaired) electrons. The van der Waals surface area contributed by atoms with Crippen LogP contribution in [0.2, 0.25) is 0 Å². The quantitative estimate of drug-likeness (QED) is 0.577. The van der Waals surface area contributed by atoms with E-state index >= 15 is 0 Å². The van der Waals surface area contributed by atoms with Crippen molar-refractivity contribution < 1.29 is 0 Å². The highest BCUT2D eigenvalue weighted by molar-refractivity contribution is 5.99. The molecular weight excluding hydrogens is 188 g/mol. The first-order valence-electron chi connectivity index (χ1n) is 5.22. The molecule has 4 heteroatoms. The second-order valence-electron chi connectivity index (χ2n) is 3.98. The third-order valence-corrected chi connectivity index (χ3v) is 3.03. The average molecular weight is 204 g/mol. The van der Waals surface area contributed by atoms with Crippen molar-refractivity contribution >= 4 is 11.7 Å². The van der Waals surface area contributed by atoms with Crippen LogP contribution >= 0.6 is 0 Å². The summed E-state index contributed by atoms with van der Waals surface area (Å²) in [6.45, 7) is 0. The number of aromatic nitrogens is 1. The van der Waals surface area contributed by atoms with Gasteiger partial charge < -0.3 is 10.6 Å². The second kappa shape index (κ2) is 3.88. The molecule has 4 nitrogen and oxygen atoms in total. The predicted octanol–water partition coefficient (Wildman–Crippen LogP) is 1.35. The van der Waals surface area contributed by atoms with Crippen molar-refractivity contribution in [3.63, 3.8) is 0 Å². The van der Waals surface area contributed by atoms with E-state index in [0.29, 0.717) is 6.04 Å². The van der Waals surface area contributed by atoms with E-state index in [-0.39, 0.29) is 5.84 Å². The highest BCUT2D eigenvalue weighted by Crippen LogP contribution is 2.28. The SMILES string of the molecule is CN(c1ncccc1C(=N)N)C1CCC1. The first kappa shape index (κ1) is 9.96. The van der Waals surface area contributed by atoms with Crippen LogP contribution < -0.4 is 10.6 Å². The Morgan fingerprint density at radius 1 is 1.60 bits per heavy atom. The van der Waals surface area contributed by atoms with Gasteiger partial charge in [-0.05, 0) is 31.4 Å². The van der Waals surface area contributed by atoms with Crippen LogP contribution in [0.25, 0.3) is 0 Å². The Hall–Kier alpha value is -1.58. The van der Waals surface area contributed by atoms with Crippen molar-refractivity contribution in [1.82, 2.24) is 4.98 Å². The summed E-state index contributed by atoms with van der Waals surface area (Å²) in [4.78, 5) is 6.45. The zero-order valence-corrected chi connectivity index (χ0v) is 8.90. The Labute approximate surface area is 89.6 Å². The molecule has 1 heterocycles. The molecule has 0 saturated heterocycles. The van der Waals surface area contributed by atoms with Crippen LogP contribution in [0.1, 0.15) is 24.8 Å². The normalized spacial score (nSPS) is 15.8. The molecule has 0 spiro atoms. The molecule has 1 aliphatic carbocycles. The molecule has 3 N–H and O–H groups in total. The van der Waals surface area contributed by atoms with E-state index in [1.54, 1.807) is 6.20 Å². The number of nitrogens with zero attached hydrogens (tertiary/aromatic N) is 2. The van der Waals surface area contributed by atoms with Gasteiger partial charge in [0.2, 0.25) is 0 Å². The molecule has 0 aromatic carbocycles. The lowest BCUT2D eigenvalue weighted by Crippen LogP contribution is -2.38. The summed E-state index contributed by atoms with van der Waals surface area (Å²) < 4.78 is 0. The maximum atomic E-state index is 7.50. The smallest absolute Gasteiger partial charge is 0.139 e. The minimum atomic E-state index is 0.0873. The number of nitrogen functional groups attached to an aromatic ring is 1. The van der Waals surface area contributed by atoms with Crippen LogP contribution in [0, 0.1) is 5.41 Å². The molecule has 0 bridgehead atoms. The third-order valence-electron chi connectivity index (χ3n) is 3.03. The van der Waals surface area contributed by atoms with Crippen molar-refractivity contribution in [3.8, 4) is 0 Å². The molecule has 0 amide bonds. The van der Waals surface area contributed by atoms with Crippen molar-refractivity contribution in [2.45, 2.75) is 25.3 Å². The molecule has 1 aliphatic rings. The number of amidine groups is 1. The van der Waals surface area contributed by atoms with Gasteiger partial charge in [-0.1, -0.05) is 0 Å². The van der Waals surface area contributed by atoms with Crippen LogP contribution in [-0.4, -0.2) is 23.9 Å². The molecule has 1 aromatic heterocycles. The molecule has 1 fully saturated rings. The van der Waals surface area contributed by atoms with E-state index in [2.05, 4.69) is 9.88 Å². The van der Waals surface area contributed by atoms with Gasteiger partial charge in [-0.2, -0.15) is 0 Å². The van der Waals surface area contributed by atoms with Gasteiger partial charge in [0, 0.05) is 19.3 Å². The fourth-order valence-corrected chi connectivity index (χ4v) is 1.84. The maximum Gasteiger partial charge on any atom is 0.139 e. The first-order chi connectivity index (χ1) is 7.20. The number of pyridine rings is 1. The summed E-state index contributed by atoms with van der Waals surface area (Å²) >= 11 is 0. The molecule has 0 unspecified atom stereocenters. The average Bonchev–Trinajstić information content (AvgIpc) is 2.15. The molecule has 1 saturated carbocycles. The minimum absolute atomic E-state index is 0.0873. The molecule has 0 atom stereocenters. The van der Waals surface area contributed by atoms with Crippen molar-refractivity contribution in [2.24, 2.45) is 5.73 Å². The summed E-state index contributed by atoms with van der Waals surface area (Å²) in [7, 11) is 2.03. The van der Waals surface area contributed by atoms with Crippen molar-refractivity contribution in [1.29, 1.82) is 5.41 Å². The molecule has 2 rings (SSSR count). The number of hydrogen-bond acceptors (Lipinski definition) is 3. The van der Waals surface area contributed by atoms with Gasteiger partial charge in [0.1, 0.15) is 11.7 Å². The van der Waals surface area contributed by atoms with Gasteiger partial charge >= 0.3 is 0 Å². The Kier molecular flexibility index (Phi) is 2.58. The molecule has 15 heavy (non-hydrogen) atoms. The maximum absolute atomic E-state index is 7.50. The Morgan fingerprint density at radius 2 is 2.33 bits per heavy atom. The van der Waals surface area contributed by atoms with E-state index < -0.39 is 0 Å². The minimum Gasteiger partial charge on any atom is -0.384 e. The lowest BCUT2D eigenvalue weighted by atomic mass is 9.91. The predicted molar refractivity (Wildman–Crippen MR) is 61.3 cm³/mol. The summed E-state index contributed by atoms with van der Waals surface area (Å²) in [5.41, 5.74) is 6.26. The standard InChI is InChI=1S/C11H16N4/c1-15(8-4-2-5-8)11-9(10(12)13)6-3-7-14-11/h3,6-8H,2,4-5H2,1H3,(H3,12,13). The van der Waals surface area contributed by atoms with Gasteiger partial charge in [-0.3, -0.25) is 5.41 Å². The van der Waals surface area contributed by atoms with Gasteiger partial charge in [-0.25, -0.2) is 4.98 Å². The van der Waals surface area contributed by atoms with Crippen LogP contribution in [0.5, 0.6) is 0 Å². The number of nitrogens with one attached hydrogen (secondary N) is 1. The highest BCUT2D eigenvalue weighted by Gasteiger charge is 2.24. The van der Waals surface area contributed by atoms with Crippen LogP contribution in [0.15, 0.2) is 18.3 Å². The van der Waals surface area contributed by atoms with E-state index in [0.717, 1.165) is 11.4 Å². The second-order valence-corrected chi connectivity index (χ2v) is 3.98. The number of anilines is 1. The largest absolute Gasteiger partial charge is 0.384 e. The lowest BCUT2D eigenvalue weighted by Gasteiger charge is -2.36. The van der Waals surface area contributed by atoms with Crippen molar-refractivity contribution in [3.05, 3.63) is 23.9 Å². The Bertz CT molecular complexity index is 371. The fourth-order valence-electron chi connectivity index (χ4n) is 1.84. The monoisotopic (exact) mass is 204 g/mol. The van der Waals surface area contributed by atoms with Gasteiger partial charge in [-0.15, -0.1) is 0 Å². The molecule has 1 aromatic rings. The van der Waals surface area contributed by atoms with E-state index in [1.165, 1.54) is 19.3 Å². The van der Waals surface area contributed by atoms with Crippen LogP contribution in [0.4, 0.5) is 5.82 Å². The molecule has 80 valence electrons. The molecule has 0 aliphatic heterocycles. The summed E-state index contributed by atoms with van der Waals surface area (Å²) in [5, 5.41) is 7.50. The highest BCUT2D eigenvalue weighted by atomic mass is 15.2. The van der Waals surface area contributed by atoms with Crippen LogP contribution in [0.3, 0.4) is 0 Å². The number of hydrogen-bond donors (Lipinski definition) is 2. The van der Waals surface area contributed by atoms with E-state index in [1.807, 2.05) is 19.2 Å². The summed E-state index contributed by atoms with van der Waals surface area (Å²) in [6.07, 6.45) is 5.46. The Balaban J connectivity index is 2.29.